The van der Waals surface area contributed by atoms with Gasteiger partial charge in [-0.05, 0) is 56.9 Å². The number of benzene rings is 3. The molecular formula is C26H26ClN3O. The van der Waals surface area contributed by atoms with Gasteiger partial charge in [0.2, 0.25) is 0 Å². The molecule has 31 heavy (non-hydrogen) atoms. The summed E-state index contributed by atoms with van der Waals surface area (Å²) in [5.41, 5.74) is 4.63. The largest absolute Gasteiger partial charge is 0.453 e. The van der Waals surface area contributed by atoms with E-state index in [0.29, 0.717) is 0 Å². The number of hydrogen-bond acceptors (Lipinski definition) is 3. The Labute approximate surface area is 188 Å². The number of halogens is 1. The van der Waals surface area contributed by atoms with Crippen LogP contribution in [0.4, 0.5) is 5.69 Å². The molecule has 5 heteroatoms. The second-order valence-corrected chi connectivity index (χ2v) is 8.75. The number of nitrogens with zero attached hydrogens (tertiary/aromatic N) is 3. The zero-order chi connectivity index (χ0) is 21.5. The molecule has 1 aliphatic rings. The van der Waals surface area contributed by atoms with Gasteiger partial charge in [-0.25, -0.2) is 0 Å². The first-order valence-corrected chi connectivity index (χ1v) is 10.9. The lowest BCUT2D eigenvalue weighted by Crippen LogP contribution is -2.27. The van der Waals surface area contributed by atoms with E-state index in [-0.39, 0.29) is 6.17 Å². The first kappa shape index (κ1) is 20.0. The van der Waals surface area contributed by atoms with Crippen molar-refractivity contribution in [3.63, 3.8) is 0 Å². The number of ether oxygens (including phenoxy) is 1. The van der Waals surface area contributed by atoms with Gasteiger partial charge in [0.25, 0.3) is 0 Å². The van der Waals surface area contributed by atoms with Crippen LogP contribution < -0.4 is 9.64 Å². The third-order valence-electron chi connectivity index (χ3n) is 6.11. The minimum Gasteiger partial charge on any atom is -0.453 e. The highest BCUT2D eigenvalue weighted by Gasteiger charge is 2.29. The first-order chi connectivity index (χ1) is 15.0. The summed E-state index contributed by atoms with van der Waals surface area (Å²) in [6.45, 7) is 3.76. The molecule has 0 spiro atoms. The Balaban J connectivity index is 1.72. The van der Waals surface area contributed by atoms with E-state index in [1.807, 2.05) is 18.2 Å². The Hall–Kier alpha value is -2.95. The van der Waals surface area contributed by atoms with Crippen LogP contribution in [0.15, 0.2) is 72.8 Å². The van der Waals surface area contributed by atoms with Crippen molar-refractivity contribution in [1.82, 2.24) is 9.47 Å². The monoisotopic (exact) mass is 431 g/mol. The highest BCUT2D eigenvalue weighted by Crippen LogP contribution is 2.46. The first-order valence-electron chi connectivity index (χ1n) is 10.6. The number of aromatic nitrogens is 1. The highest BCUT2D eigenvalue weighted by molar-refractivity contribution is 6.31. The van der Waals surface area contributed by atoms with Gasteiger partial charge in [-0.15, -0.1) is 0 Å². The normalized spacial score (nSPS) is 14.2. The van der Waals surface area contributed by atoms with E-state index < -0.39 is 0 Å². The summed E-state index contributed by atoms with van der Waals surface area (Å²) >= 11 is 6.41. The van der Waals surface area contributed by atoms with E-state index in [1.54, 1.807) is 0 Å². The van der Waals surface area contributed by atoms with Crippen LogP contribution in [-0.2, 0) is 13.1 Å². The van der Waals surface area contributed by atoms with Crippen LogP contribution in [0, 0.1) is 0 Å². The lowest BCUT2D eigenvalue weighted by Gasteiger charge is -2.28. The van der Waals surface area contributed by atoms with Gasteiger partial charge in [0.05, 0.1) is 29.6 Å². The van der Waals surface area contributed by atoms with Crippen molar-refractivity contribution < 1.29 is 4.74 Å². The molecule has 4 nitrogen and oxygen atoms in total. The van der Waals surface area contributed by atoms with Gasteiger partial charge < -0.3 is 14.2 Å². The Morgan fingerprint density at radius 1 is 1.00 bits per heavy atom. The van der Waals surface area contributed by atoms with Crippen molar-refractivity contribution in [2.75, 3.05) is 19.0 Å². The average molecular weight is 432 g/mol. The zero-order valence-corrected chi connectivity index (χ0v) is 18.8. The second-order valence-electron chi connectivity index (χ2n) is 8.31. The smallest absolute Gasteiger partial charge is 0.158 e. The van der Waals surface area contributed by atoms with Crippen LogP contribution in [0.5, 0.6) is 11.5 Å². The van der Waals surface area contributed by atoms with Gasteiger partial charge in [-0.1, -0.05) is 54.1 Å². The standard InChI is InChI=1S/C26H26ClN3O/c1-18(28(2)3)30-23-15-20(27)13-14-21(23)26-24(30)17-29(16-19-9-5-4-6-10-19)22-11-7-8-12-25(22)31-26/h4-15,18H,16-17H2,1-3H3. The molecule has 4 aromatic rings. The van der Waals surface area contributed by atoms with Crippen molar-refractivity contribution >= 4 is 28.2 Å². The summed E-state index contributed by atoms with van der Waals surface area (Å²) in [5, 5.41) is 1.82. The summed E-state index contributed by atoms with van der Waals surface area (Å²) in [7, 11) is 4.20. The minimum absolute atomic E-state index is 0.146. The highest BCUT2D eigenvalue weighted by atomic mass is 35.5. The van der Waals surface area contributed by atoms with E-state index in [0.717, 1.165) is 51.9 Å². The van der Waals surface area contributed by atoms with Gasteiger partial charge in [0.1, 0.15) is 0 Å². The van der Waals surface area contributed by atoms with Gasteiger partial charge in [-0.2, -0.15) is 0 Å². The predicted octanol–water partition coefficient (Wildman–Crippen LogP) is 6.69. The Morgan fingerprint density at radius 2 is 1.74 bits per heavy atom. The number of fused-ring (bicyclic) bond motifs is 4. The molecule has 0 amide bonds. The van der Waals surface area contributed by atoms with Crippen molar-refractivity contribution in [3.8, 4) is 11.5 Å². The van der Waals surface area contributed by atoms with E-state index in [2.05, 4.69) is 90.0 Å². The van der Waals surface area contributed by atoms with Gasteiger partial charge in [0.15, 0.2) is 11.5 Å². The minimum atomic E-state index is 0.146. The molecular weight excluding hydrogens is 406 g/mol. The van der Waals surface area contributed by atoms with Crippen LogP contribution >= 0.6 is 11.6 Å². The molecule has 0 saturated heterocycles. The average Bonchev–Trinajstić information content (AvgIpc) is 2.95. The molecule has 2 heterocycles. The lowest BCUT2D eigenvalue weighted by molar-refractivity contribution is 0.239. The zero-order valence-electron chi connectivity index (χ0n) is 18.0. The lowest BCUT2D eigenvalue weighted by atomic mass is 10.2. The van der Waals surface area contributed by atoms with E-state index in [9.17, 15) is 0 Å². The maximum atomic E-state index is 6.61. The number of para-hydroxylation sites is 2. The van der Waals surface area contributed by atoms with E-state index in [1.165, 1.54) is 5.56 Å². The van der Waals surface area contributed by atoms with Gasteiger partial charge in [-0.3, -0.25) is 4.90 Å². The van der Waals surface area contributed by atoms with Crippen molar-refractivity contribution in [3.05, 3.63) is 89.1 Å². The van der Waals surface area contributed by atoms with Crippen molar-refractivity contribution in [2.45, 2.75) is 26.2 Å². The van der Waals surface area contributed by atoms with Crippen LogP contribution in [0.2, 0.25) is 5.02 Å². The van der Waals surface area contributed by atoms with Crippen LogP contribution in [-0.4, -0.2) is 23.6 Å². The van der Waals surface area contributed by atoms with Gasteiger partial charge >= 0.3 is 0 Å². The van der Waals surface area contributed by atoms with Crippen LogP contribution in [0.3, 0.4) is 0 Å². The summed E-state index contributed by atoms with van der Waals surface area (Å²) in [5.74, 6) is 1.80. The van der Waals surface area contributed by atoms with Crippen LogP contribution in [0.25, 0.3) is 10.9 Å². The SMILES string of the molecule is CC(N(C)C)n1c2c(c3ccc(Cl)cc31)Oc1ccccc1N(Cc1ccccc1)C2. The molecule has 3 aromatic carbocycles. The quantitative estimate of drug-likeness (QED) is 0.359. The van der Waals surface area contributed by atoms with Crippen molar-refractivity contribution in [1.29, 1.82) is 0 Å². The molecule has 0 radical (unpaired) electrons. The molecule has 5 rings (SSSR count). The van der Waals surface area contributed by atoms with Gasteiger partial charge in [0, 0.05) is 17.0 Å². The molecule has 1 aromatic heterocycles. The Bertz CT molecular complexity index is 1230. The summed E-state index contributed by atoms with van der Waals surface area (Å²) in [6.07, 6.45) is 0.146. The summed E-state index contributed by atoms with van der Waals surface area (Å²) < 4.78 is 8.97. The van der Waals surface area contributed by atoms with E-state index >= 15 is 0 Å². The second kappa shape index (κ2) is 7.95. The molecule has 0 aliphatic carbocycles. The third-order valence-corrected chi connectivity index (χ3v) is 6.35. The number of rotatable bonds is 4. The fourth-order valence-corrected chi connectivity index (χ4v) is 4.52. The topological polar surface area (TPSA) is 20.6 Å². The molecule has 0 bridgehead atoms. The van der Waals surface area contributed by atoms with E-state index in [4.69, 9.17) is 16.3 Å². The number of anilines is 1. The predicted molar refractivity (Wildman–Crippen MR) is 128 cm³/mol. The number of hydrogen-bond donors (Lipinski definition) is 0. The molecule has 158 valence electrons. The Kier molecular flexibility index (Phi) is 5.12. The third kappa shape index (κ3) is 3.56. The molecule has 0 saturated carbocycles. The molecule has 1 aliphatic heterocycles. The molecule has 1 unspecified atom stereocenters. The molecule has 0 N–H and O–H groups in total. The maximum Gasteiger partial charge on any atom is 0.158 e. The summed E-state index contributed by atoms with van der Waals surface area (Å²) in [4.78, 5) is 4.61. The van der Waals surface area contributed by atoms with Crippen molar-refractivity contribution in [2.24, 2.45) is 0 Å². The Morgan fingerprint density at radius 3 is 2.52 bits per heavy atom. The molecule has 0 fully saturated rings. The summed E-state index contributed by atoms with van der Waals surface area (Å²) in [6, 6.07) is 24.9. The fourth-order valence-electron chi connectivity index (χ4n) is 4.35. The van der Waals surface area contributed by atoms with Crippen LogP contribution in [0.1, 0.15) is 24.3 Å². The molecule has 1 atom stereocenters. The fraction of sp³-hybridized carbons (Fsp3) is 0.231. The maximum absolute atomic E-state index is 6.61.